The lowest BCUT2D eigenvalue weighted by Crippen LogP contribution is -2.46. The molecular weight excluding hydrogens is 393 g/mol. The van der Waals surface area contributed by atoms with E-state index in [0.717, 1.165) is 34.5 Å². The summed E-state index contributed by atoms with van der Waals surface area (Å²) in [6.07, 6.45) is 3.40. The Morgan fingerprint density at radius 1 is 1.27 bits per heavy atom. The van der Waals surface area contributed by atoms with Gasteiger partial charge in [-0.25, -0.2) is 0 Å². The third-order valence-electron chi connectivity index (χ3n) is 5.36. The van der Waals surface area contributed by atoms with Crippen molar-refractivity contribution in [1.29, 1.82) is 0 Å². The van der Waals surface area contributed by atoms with Crippen molar-refractivity contribution in [2.75, 3.05) is 27.8 Å². The predicted molar refractivity (Wildman–Crippen MR) is 93.8 cm³/mol. The Kier molecular flexibility index (Phi) is 4.38. The second-order valence-electron chi connectivity index (χ2n) is 6.34. The second-order valence-corrected chi connectivity index (χ2v) is 7.50. The molecule has 2 atom stereocenters. The Labute approximate surface area is 145 Å². The molecule has 1 aromatic rings. The summed E-state index contributed by atoms with van der Waals surface area (Å²) >= 11 is 2.31. The fourth-order valence-corrected chi connectivity index (χ4v) is 4.95. The molecule has 0 unspecified atom stereocenters. The van der Waals surface area contributed by atoms with Crippen LogP contribution < -0.4 is 9.47 Å². The summed E-state index contributed by atoms with van der Waals surface area (Å²) in [4.78, 5) is 14.3. The molecule has 22 heavy (non-hydrogen) atoms. The van der Waals surface area contributed by atoms with Gasteiger partial charge in [0.2, 0.25) is 0 Å². The first-order chi connectivity index (χ1) is 10.5. The van der Waals surface area contributed by atoms with Crippen LogP contribution in [0.5, 0.6) is 11.5 Å². The highest BCUT2D eigenvalue weighted by Crippen LogP contribution is 2.49. The van der Waals surface area contributed by atoms with Gasteiger partial charge in [-0.1, -0.05) is 0 Å². The van der Waals surface area contributed by atoms with Crippen LogP contribution in [0.15, 0.2) is 12.1 Å². The number of ketones is 1. The minimum Gasteiger partial charge on any atom is -0.493 e. The number of hydrogen-bond acceptors (Lipinski definition) is 4. The molecule has 1 aromatic carbocycles. The molecule has 0 radical (unpaired) electrons. The van der Waals surface area contributed by atoms with E-state index in [2.05, 4.69) is 46.7 Å². The van der Waals surface area contributed by atoms with Crippen LogP contribution in [-0.2, 0) is 10.2 Å². The van der Waals surface area contributed by atoms with E-state index in [1.165, 1.54) is 5.56 Å². The molecule has 1 aliphatic carbocycles. The van der Waals surface area contributed by atoms with Crippen LogP contribution in [0, 0.1) is 3.57 Å². The number of halogens is 1. The van der Waals surface area contributed by atoms with E-state index in [0.29, 0.717) is 24.7 Å². The van der Waals surface area contributed by atoms with Crippen molar-refractivity contribution in [2.45, 2.75) is 37.1 Å². The number of hydrogen-bond donors (Lipinski definition) is 0. The molecule has 1 aliphatic heterocycles. The van der Waals surface area contributed by atoms with Crippen molar-refractivity contribution in [3.8, 4) is 11.5 Å². The molecule has 2 aliphatic rings. The monoisotopic (exact) mass is 415 g/mol. The number of carbonyl (C=O) groups excluding carboxylic acids is 1. The van der Waals surface area contributed by atoms with E-state index in [1.807, 2.05) is 0 Å². The molecule has 120 valence electrons. The molecule has 3 rings (SSSR count). The number of methoxy groups -OCH3 is 2. The zero-order valence-electron chi connectivity index (χ0n) is 13.3. The zero-order valence-corrected chi connectivity index (χ0v) is 15.5. The van der Waals surface area contributed by atoms with Crippen molar-refractivity contribution in [1.82, 2.24) is 4.90 Å². The lowest BCUT2D eigenvalue weighted by molar-refractivity contribution is -0.122. The Bertz CT molecular complexity index is 604. The summed E-state index contributed by atoms with van der Waals surface area (Å²) in [6.45, 7) is 1.04. The number of benzene rings is 1. The topological polar surface area (TPSA) is 38.8 Å². The molecule has 1 heterocycles. The Hall–Kier alpha value is -0.820. The van der Waals surface area contributed by atoms with Crippen molar-refractivity contribution in [2.24, 2.45) is 0 Å². The molecule has 1 saturated carbocycles. The van der Waals surface area contributed by atoms with E-state index >= 15 is 0 Å². The summed E-state index contributed by atoms with van der Waals surface area (Å²) in [5, 5.41) is 0. The number of ether oxygens (including phenoxy) is 2. The average molecular weight is 415 g/mol. The quantitative estimate of drug-likeness (QED) is 0.712. The Balaban J connectivity index is 2.09. The number of nitrogens with zero attached hydrogens (tertiary/aromatic N) is 1. The van der Waals surface area contributed by atoms with Gasteiger partial charge in [-0.05, 0) is 66.7 Å². The van der Waals surface area contributed by atoms with Crippen LogP contribution in [0.25, 0.3) is 0 Å². The predicted octanol–water partition coefficient (Wildman–Crippen LogP) is 3.00. The van der Waals surface area contributed by atoms with Gasteiger partial charge in [0.1, 0.15) is 5.78 Å². The molecule has 0 bridgehead atoms. The van der Waals surface area contributed by atoms with Crippen LogP contribution in [0.4, 0.5) is 0 Å². The Morgan fingerprint density at radius 3 is 2.73 bits per heavy atom. The normalized spacial score (nSPS) is 28.5. The summed E-state index contributed by atoms with van der Waals surface area (Å²) in [5.74, 6) is 1.96. The maximum Gasteiger partial charge on any atom is 0.174 e. The molecule has 0 spiro atoms. The standard InChI is InChI=1S/C17H22INO3/c1-19-7-6-17(5-4-12(20)10-15(17)19)11-8-13(18)16(22-3)14(9-11)21-2/h8-9,15H,4-7,10H2,1-3H3/t15-,17-/m0/s1. The number of likely N-dealkylation sites (tertiary alicyclic amines) is 1. The largest absolute Gasteiger partial charge is 0.493 e. The van der Waals surface area contributed by atoms with Gasteiger partial charge in [-0.15, -0.1) is 0 Å². The van der Waals surface area contributed by atoms with Crippen molar-refractivity contribution < 1.29 is 14.3 Å². The number of likely N-dealkylation sites (N-methyl/N-ethyl adjacent to an activating group) is 1. The minimum atomic E-state index is 0.0716. The van der Waals surface area contributed by atoms with Gasteiger partial charge < -0.3 is 14.4 Å². The van der Waals surface area contributed by atoms with E-state index in [1.54, 1.807) is 14.2 Å². The molecule has 0 aromatic heterocycles. The lowest BCUT2D eigenvalue weighted by atomic mass is 9.66. The molecule has 4 nitrogen and oxygen atoms in total. The number of Topliss-reactive ketones (excluding diaryl/α,β-unsaturated/α-hetero) is 1. The second kappa shape index (κ2) is 6.00. The third-order valence-corrected chi connectivity index (χ3v) is 6.16. The number of fused-ring (bicyclic) bond motifs is 1. The van der Waals surface area contributed by atoms with E-state index in [9.17, 15) is 4.79 Å². The van der Waals surface area contributed by atoms with Crippen molar-refractivity contribution in [3.63, 3.8) is 0 Å². The van der Waals surface area contributed by atoms with Crippen LogP contribution in [-0.4, -0.2) is 44.5 Å². The van der Waals surface area contributed by atoms with E-state index in [4.69, 9.17) is 9.47 Å². The molecule has 2 fully saturated rings. The number of carbonyl (C=O) groups is 1. The molecule has 5 heteroatoms. The van der Waals surface area contributed by atoms with E-state index in [-0.39, 0.29) is 5.41 Å². The third kappa shape index (κ3) is 2.42. The van der Waals surface area contributed by atoms with Gasteiger partial charge in [0.15, 0.2) is 11.5 Å². The lowest BCUT2D eigenvalue weighted by Gasteiger charge is -2.41. The molecule has 0 amide bonds. The fourth-order valence-electron chi connectivity index (χ4n) is 4.13. The van der Waals surface area contributed by atoms with Crippen LogP contribution in [0.3, 0.4) is 0 Å². The maximum absolute atomic E-state index is 11.9. The highest BCUT2D eigenvalue weighted by molar-refractivity contribution is 14.1. The number of rotatable bonds is 3. The average Bonchev–Trinajstić information content (AvgIpc) is 2.84. The first kappa shape index (κ1) is 16.1. The van der Waals surface area contributed by atoms with Crippen molar-refractivity contribution in [3.05, 3.63) is 21.3 Å². The van der Waals surface area contributed by atoms with Gasteiger partial charge in [-0.3, -0.25) is 4.79 Å². The van der Waals surface area contributed by atoms with Crippen LogP contribution in [0.1, 0.15) is 31.2 Å². The van der Waals surface area contributed by atoms with Gasteiger partial charge in [0, 0.05) is 24.3 Å². The summed E-state index contributed by atoms with van der Waals surface area (Å²) in [5.41, 5.74) is 1.36. The summed E-state index contributed by atoms with van der Waals surface area (Å²) < 4.78 is 12.1. The van der Waals surface area contributed by atoms with Gasteiger partial charge >= 0.3 is 0 Å². The zero-order chi connectivity index (χ0) is 15.9. The molecular formula is C17H22INO3. The minimum absolute atomic E-state index is 0.0716. The Morgan fingerprint density at radius 2 is 2.05 bits per heavy atom. The fraction of sp³-hybridized carbons (Fsp3) is 0.588. The van der Waals surface area contributed by atoms with Crippen LogP contribution in [0.2, 0.25) is 0 Å². The first-order valence-corrected chi connectivity index (χ1v) is 8.73. The highest BCUT2D eigenvalue weighted by atomic mass is 127. The van der Waals surface area contributed by atoms with Gasteiger partial charge in [0.05, 0.1) is 17.8 Å². The molecule has 0 N–H and O–H groups in total. The molecule has 1 saturated heterocycles. The first-order valence-electron chi connectivity index (χ1n) is 7.66. The van der Waals surface area contributed by atoms with Crippen LogP contribution >= 0.6 is 22.6 Å². The summed E-state index contributed by atoms with van der Waals surface area (Å²) in [7, 11) is 5.48. The van der Waals surface area contributed by atoms with E-state index < -0.39 is 0 Å². The van der Waals surface area contributed by atoms with Gasteiger partial charge in [-0.2, -0.15) is 0 Å². The smallest absolute Gasteiger partial charge is 0.174 e. The SMILES string of the molecule is COc1cc([C@@]23CCC(=O)C[C@@H]2N(C)CC3)cc(I)c1OC. The van der Waals surface area contributed by atoms with Gasteiger partial charge in [0.25, 0.3) is 0 Å². The summed E-state index contributed by atoms with van der Waals surface area (Å²) in [6, 6.07) is 4.63. The highest BCUT2D eigenvalue weighted by Gasteiger charge is 2.50. The maximum atomic E-state index is 11.9. The van der Waals surface area contributed by atoms with Crippen molar-refractivity contribution >= 4 is 28.4 Å².